The summed E-state index contributed by atoms with van der Waals surface area (Å²) in [6.45, 7) is 10.4. The van der Waals surface area contributed by atoms with Crippen molar-refractivity contribution in [2.45, 2.75) is 20.8 Å². The molecule has 0 saturated carbocycles. The number of carbonyl (C=O) groups excluding carboxylic acids is 2. The zero-order valence-corrected chi connectivity index (χ0v) is 21.3. The van der Waals surface area contributed by atoms with Crippen LogP contribution in [-0.4, -0.2) is 38.2 Å². The van der Waals surface area contributed by atoms with Crippen molar-refractivity contribution in [3.63, 3.8) is 0 Å². The summed E-state index contributed by atoms with van der Waals surface area (Å²) in [5, 5.41) is 5.01. The Kier molecular flexibility index (Phi) is 8.03. The lowest BCUT2D eigenvalue weighted by molar-refractivity contribution is -0.140. The fourth-order valence-electron chi connectivity index (χ4n) is 4.11. The van der Waals surface area contributed by atoms with Crippen LogP contribution in [0.5, 0.6) is 0 Å². The van der Waals surface area contributed by atoms with Crippen LogP contribution in [0.1, 0.15) is 31.1 Å². The number of benzene rings is 3. The molecule has 0 atom stereocenters. The summed E-state index contributed by atoms with van der Waals surface area (Å²) < 4.78 is 16.8. The molecule has 190 valence electrons. The third-order valence-corrected chi connectivity index (χ3v) is 5.74. The van der Waals surface area contributed by atoms with Crippen LogP contribution in [0.3, 0.4) is 0 Å². The van der Waals surface area contributed by atoms with Crippen LogP contribution in [-0.2, 0) is 14.3 Å². The topological polar surface area (TPSA) is 90.1 Å². The third kappa shape index (κ3) is 5.72. The van der Waals surface area contributed by atoms with Gasteiger partial charge in [-0.1, -0.05) is 24.8 Å². The van der Waals surface area contributed by atoms with E-state index >= 15 is 0 Å². The molecule has 1 aliphatic heterocycles. The molecule has 0 aromatic heterocycles. The van der Waals surface area contributed by atoms with Gasteiger partial charge < -0.3 is 19.2 Å². The first-order chi connectivity index (χ1) is 17.9. The van der Waals surface area contributed by atoms with E-state index < -0.39 is 11.9 Å². The van der Waals surface area contributed by atoms with Gasteiger partial charge in [-0.3, -0.25) is 4.99 Å². The largest absolute Gasteiger partial charge is 0.459 e. The van der Waals surface area contributed by atoms with Crippen molar-refractivity contribution in [3.05, 3.63) is 83.7 Å². The maximum atomic E-state index is 13.1. The maximum Gasteiger partial charge on any atom is 0.338 e. The Labute approximate surface area is 215 Å². The summed E-state index contributed by atoms with van der Waals surface area (Å²) in [7, 11) is 0. The smallest absolute Gasteiger partial charge is 0.338 e. The van der Waals surface area contributed by atoms with Gasteiger partial charge in [0.25, 0.3) is 0 Å². The van der Waals surface area contributed by atoms with Gasteiger partial charge in [0.05, 0.1) is 10.9 Å². The zero-order chi connectivity index (χ0) is 26.4. The number of hydrogen-bond acceptors (Lipinski definition) is 7. The Bertz CT molecular complexity index is 1500. The van der Waals surface area contributed by atoms with Gasteiger partial charge in [0, 0.05) is 53.0 Å². The molecule has 2 aromatic carbocycles. The quantitative estimate of drug-likeness (QED) is 0.135. The summed E-state index contributed by atoms with van der Waals surface area (Å²) in [6, 6.07) is 19.1. The number of ether oxygens (including phenoxy) is 2. The second kappa shape index (κ2) is 11.6. The Morgan fingerprint density at radius 1 is 0.973 bits per heavy atom. The molecule has 0 bridgehead atoms. The molecule has 7 heteroatoms. The van der Waals surface area contributed by atoms with Crippen LogP contribution in [0.4, 0.5) is 5.69 Å². The number of hydrogen-bond donors (Lipinski definition) is 1. The fourth-order valence-corrected chi connectivity index (χ4v) is 4.11. The molecule has 1 N–H and O–H groups in total. The highest BCUT2D eigenvalue weighted by Crippen LogP contribution is 2.41. The van der Waals surface area contributed by atoms with E-state index in [4.69, 9.17) is 13.9 Å². The van der Waals surface area contributed by atoms with Crippen molar-refractivity contribution < 1.29 is 23.5 Å². The normalized spacial score (nSPS) is 11.5. The summed E-state index contributed by atoms with van der Waals surface area (Å²) in [4.78, 5) is 29.2. The van der Waals surface area contributed by atoms with E-state index in [2.05, 4.69) is 16.9 Å². The average molecular weight is 499 g/mol. The van der Waals surface area contributed by atoms with E-state index in [-0.39, 0.29) is 18.8 Å². The first kappa shape index (κ1) is 25.7. The van der Waals surface area contributed by atoms with E-state index in [0.717, 1.165) is 34.1 Å². The lowest BCUT2D eigenvalue weighted by Gasteiger charge is -2.18. The third-order valence-electron chi connectivity index (χ3n) is 5.74. The van der Waals surface area contributed by atoms with Gasteiger partial charge in [0.1, 0.15) is 24.6 Å². The molecular weight excluding hydrogens is 468 g/mol. The van der Waals surface area contributed by atoms with Crippen LogP contribution in [0.25, 0.3) is 33.4 Å². The van der Waals surface area contributed by atoms with Gasteiger partial charge in [-0.25, -0.2) is 9.59 Å². The van der Waals surface area contributed by atoms with Crippen molar-refractivity contribution in [2.24, 2.45) is 4.99 Å². The van der Waals surface area contributed by atoms with Gasteiger partial charge in [-0.2, -0.15) is 0 Å². The van der Waals surface area contributed by atoms with E-state index in [1.165, 1.54) is 0 Å². The highest BCUT2D eigenvalue weighted by atomic mass is 16.6. The summed E-state index contributed by atoms with van der Waals surface area (Å²) in [5.74, 6) is -0.361. The Morgan fingerprint density at radius 2 is 1.76 bits per heavy atom. The van der Waals surface area contributed by atoms with Crippen LogP contribution in [0.2, 0.25) is 0 Å². The number of carbonyl (C=O) groups is 2. The van der Waals surface area contributed by atoms with Gasteiger partial charge >= 0.3 is 11.9 Å². The number of nitrogens with zero attached hydrogens (tertiary/aromatic N) is 1. The molecule has 2 aliphatic rings. The predicted molar refractivity (Wildman–Crippen MR) is 145 cm³/mol. The standard InChI is InChI=1S/C30H30N2O5/c1-5-31-20-11-13-24-26(17-20)37-27-18-21(32-6-2)12-14-25(27)28(24)22-9-7-8-10-23(22)30(34)36-16-15-35-29(33)19(3)4/h7-14,17-18,31H,3,5-6,15-16H2,1-2,4H3. The van der Waals surface area contributed by atoms with E-state index in [0.29, 0.717) is 29.0 Å². The molecule has 0 unspecified atom stereocenters. The fraction of sp³-hybridized carbons (Fsp3) is 0.233. The number of nitrogens with one attached hydrogen (secondary N) is 1. The van der Waals surface area contributed by atoms with E-state index in [9.17, 15) is 9.59 Å². The molecule has 0 saturated heterocycles. The van der Waals surface area contributed by atoms with Crippen molar-refractivity contribution in [3.8, 4) is 22.5 Å². The summed E-state index contributed by atoms with van der Waals surface area (Å²) >= 11 is 0. The number of anilines is 1. The minimum absolute atomic E-state index is 0.0490. The van der Waals surface area contributed by atoms with Gasteiger partial charge in [-0.15, -0.1) is 0 Å². The highest BCUT2D eigenvalue weighted by molar-refractivity contribution is 6.08. The number of esters is 2. The van der Waals surface area contributed by atoms with Gasteiger partial charge in [-0.05, 0) is 56.7 Å². The molecule has 7 nitrogen and oxygen atoms in total. The Morgan fingerprint density at radius 3 is 2.51 bits per heavy atom. The molecule has 0 amide bonds. The zero-order valence-electron chi connectivity index (χ0n) is 21.3. The number of fused-ring (bicyclic) bond motifs is 2. The molecule has 0 fully saturated rings. The summed E-state index contributed by atoms with van der Waals surface area (Å²) in [6.07, 6.45) is 0. The minimum atomic E-state index is -0.520. The van der Waals surface area contributed by atoms with Gasteiger partial charge in [0.15, 0.2) is 0 Å². The Balaban J connectivity index is 1.80. The SMILES string of the molecule is C=C(C)C(=O)OCCOC(=O)c1ccccc1-c1c2ccc(=NCC)cc-2oc2cc(NCC)ccc12. The van der Waals surface area contributed by atoms with Crippen LogP contribution in [0.15, 0.2) is 82.2 Å². The minimum Gasteiger partial charge on any atom is -0.459 e. The van der Waals surface area contributed by atoms with E-state index in [1.807, 2.05) is 62.4 Å². The number of rotatable bonds is 9. The second-order valence-corrected chi connectivity index (χ2v) is 8.47. The van der Waals surface area contributed by atoms with Crippen molar-refractivity contribution in [1.82, 2.24) is 0 Å². The molecule has 1 aliphatic carbocycles. The van der Waals surface area contributed by atoms with Crippen molar-refractivity contribution >= 4 is 28.6 Å². The second-order valence-electron chi connectivity index (χ2n) is 8.47. The maximum absolute atomic E-state index is 13.1. The molecule has 0 spiro atoms. The molecule has 4 rings (SSSR count). The lowest BCUT2D eigenvalue weighted by Crippen LogP contribution is -2.15. The lowest BCUT2D eigenvalue weighted by atomic mass is 9.90. The van der Waals surface area contributed by atoms with E-state index in [1.54, 1.807) is 19.1 Å². The first-order valence-electron chi connectivity index (χ1n) is 12.3. The highest BCUT2D eigenvalue weighted by Gasteiger charge is 2.22. The Hall–Kier alpha value is -4.39. The molecular formula is C30H30N2O5. The monoisotopic (exact) mass is 498 g/mol. The molecule has 2 aromatic rings. The van der Waals surface area contributed by atoms with Crippen LogP contribution >= 0.6 is 0 Å². The molecule has 37 heavy (non-hydrogen) atoms. The van der Waals surface area contributed by atoms with Crippen molar-refractivity contribution in [1.29, 1.82) is 0 Å². The summed E-state index contributed by atoms with van der Waals surface area (Å²) in [5.41, 5.74) is 4.75. The average Bonchev–Trinajstić information content (AvgIpc) is 2.89. The van der Waals surface area contributed by atoms with Crippen LogP contribution < -0.4 is 10.7 Å². The van der Waals surface area contributed by atoms with Crippen molar-refractivity contribution in [2.75, 3.05) is 31.6 Å². The molecule has 0 radical (unpaired) electrons. The first-order valence-corrected chi connectivity index (χ1v) is 12.3. The van der Waals surface area contributed by atoms with Gasteiger partial charge in [0.2, 0.25) is 0 Å². The molecule has 1 heterocycles. The predicted octanol–water partition coefficient (Wildman–Crippen LogP) is 5.83. The van der Waals surface area contributed by atoms with Crippen LogP contribution in [0, 0.1) is 0 Å².